The molecule has 1 aromatic rings. The SMILES string of the molecule is CC=Nc1[nH]cnc1NC. The predicted octanol–water partition coefficient (Wildman–Crippen LogP) is 1.17. The Bertz CT molecular complexity index is 225. The Morgan fingerprint density at radius 1 is 1.80 bits per heavy atom. The number of aromatic amines is 1. The molecule has 0 unspecified atom stereocenters. The van der Waals surface area contributed by atoms with Crippen LogP contribution in [0, 0.1) is 0 Å². The molecule has 2 N–H and O–H groups in total. The van der Waals surface area contributed by atoms with E-state index in [2.05, 4.69) is 20.3 Å². The van der Waals surface area contributed by atoms with Crippen molar-refractivity contribution in [2.45, 2.75) is 6.92 Å². The molecule has 0 bridgehead atoms. The van der Waals surface area contributed by atoms with Crippen molar-refractivity contribution in [1.82, 2.24) is 9.97 Å². The van der Waals surface area contributed by atoms with Gasteiger partial charge in [0.1, 0.15) is 0 Å². The van der Waals surface area contributed by atoms with Gasteiger partial charge in [-0.3, -0.25) is 0 Å². The molecule has 1 aromatic heterocycles. The second kappa shape index (κ2) is 3.00. The van der Waals surface area contributed by atoms with Crippen LogP contribution >= 0.6 is 0 Å². The number of hydrogen-bond acceptors (Lipinski definition) is 3. The summed E-state index contributed by atoms with van der Waals surface area (Å²) in [5.41, 5.74) is 0. The molecule has 1 rings (SSSR count). The predicted molar refractivity (Wildman–Crippen MR) is 42.0 cm³/mol. The molecular weight excluding hydrogens is 128 g/mol. The van der Waals surface area contributed by atoms with Gasteiger partial charge in [-0.2, -0.15) is 0 Å². The van der Waals surface area contributed by atoms with Gasteiger partial charge in [0.25, 0.3) is 0 Å². The van der Waals surface area contributed by atoms with Crippen molar-refractivity contribution in [3.05, 3.63) is 6.33 Å². The summed E-state index contributed by atoms with van der Waals surface area (Å²) in [6.07, 6.45) is 3.32. The third-order valence-electron chi connectivity index (χ3n) is 1.11. The number of imidazole rings is 1. The highest BCUT2D eigenvalue weighted by Gasteiger charge is 1.97. The number of aromatic nitrogens is 2. The molecule has 0 radical (unpaired) electrons. The lowest BCUT2D eigenvalue weighted by Gasteiger charge is -1.92. The van der Waals surface area contributed by atoms with Gasteiger partial charge in [-0.1, -0.05) is 0 Å². The summed E-state index contributed by atoms with van der Waals surface area (Å²) in [4.78, 5) is 10.9. The van der Waals surface area contributed by atoms with Crippen molar-refractivity contribution in [1.29, 1.82) is 0 Å². The number of nitrogens with one attached hydrogen (secondary N) is 2. The smallest absolute Gasteiger partial charge is 0.173 e. The molecule has 0 saturated heterocycles. The van der Waals surface area contributed by atoms with Crippen LogP contribution in [0.3, 0.4) is 0 Å². The average Bonchev–Trinajstić information content (AvgIpc) is 2.36. The van der Waals surface area contributed by atoms with E-state index in [9.17, 15) is 0 Å². The molecule has 10 heavy (non-hydrogen) atoms. The highest BCUT2D eigenvalue weighted by molar-refractivity contribution is 5.65. The van der Waals surface area contributed by atoms with E-state index in [-0.39, 0.29) is 0 Å². The zero-order valence-electron chi connectivity index (χ0n) is 6.05. The molecule has 0 spiro atoms. The van der Waals surface area contributed by atoms with E-state index in [0.717, 1.165) is 11.6 Å². The molecule has 0 atom stereocenters. The molecule has 0 fully saturated rings. The summed E-state index contributed by atoms with van der Waals surface area (Å²) >= 11 is 0. The molecule has 54 valence electrons. The van der Waals surface area contributed by atoms with Crippen molar-refractivity contribution in [3.63, 3.8) is 0 Å². The van der Waals surface area contributed by atoms with Gasteiger partial charge in [0.2, 0.25) is 0 Å². The second-order valence-corrected chi connectivity index (χ2v) is 1.74. The third kappa shape index (κ3) is 1.15. The fourth-order valence-corrected chi connectivity index (χ4v) is 0.698. The van der Waals surface area contributed by atoms with Crippen LogP contribution in [0.2, 0.25) is 0 Å². The Morgan fingerprint density at radius 2 is 2.60 bits per heavy atom. The molecule has 0 aliphatic carbocycles. The van der Waals surface area contributed by atoms with Gasteiger partial charge < -0.3 is 10.3 Å². The summed E-state index contributed by atoms with van der Waals surface area (Å²) in [5.74, 6) is 1.54. The molecule has 0 aromatic carbocycles. The fourth-order valence-electron chi connectivity index (χ4n) is 0.698. The average molecular weight is 138 g/mol. The second-order valence-electron chi connectivity index (χ2n) is 1.74. The summed E-state index contributed by atoms with van der Waals surface area (Å²) < 4.78 is 0. The van der Waals surface area contributed by atoms with Gasteiger partial charge in [-0.05, 0) is 6.92 Å². The standard InChI is InChI=1S/C6H10N4/c1-3-8-6-5(7-2)9-4-10-6/h3-4,7H,1-2H3,(H,9,10). The van der Waals surface area contributed by atoms with Crippen LogP contribution in [0.15, 0.2) is 11.3 Å². The van der Waals surface area contributed by atoms with Gasteiger partial charge >= 0.3 is 0 Å². The van der Waals surface area contributed by atoms with Crippen LogP contribution in [0.25, 0.3) is 0 Å². The number of nitrogens with zero attached hydrogens (tertiary/aromatic N) is 2. The van der Waals surface area contributed by atoms with Crippen molar-refractivity contribution in [3.8, 4) is 0 Å². The van der Waals surface area contributed by atoms with E-state index >= 15 is 0 Å². The lowest BCUT2D eigenvalue weighted by Crippen LogP contribution is -1.86. The van der Waals surface area contributed by atoms with Gasteiger partial charge in [-0.25, -0.2) is 9.98 Å². The largest absolute Gasteiger partial charge is 0.370 e. The number of aliphatic imine (C=N–C) groups is 1. The Kier molecular flexibility index (Phi) is 2.04. The Labute approximate surface area is 59.4 Å². The minimum Gasteiger partial charge on any atom is -0.370 e. The van der Waals surface area contributed by atoms with Crippen molar-refractivity contribution in [2.24, 2.45) is 4.99 Å². The topological polar surface area (TPSA) is 53.1 Å². The molecule has 4 nitrogen and oxygen atoms in total. The van der Waals surface area contributed by atoms with Crippen LogP contribution in [0.1, 0.15) is 6.92 Å². The summed E-state index contributed by atoms with van der Waals surface area (Å²) in [7, 11) is 1.81. The lowest BCUT2D eigenvalue weighted by molar-refractivity contribution is 1.30. The van der Waals surface area contributed by atoms with E-state index < -0.39 is 0 Å². The first-order chi connectivity index (χ1) is 4.88. The van der Waals surface area contributed by atoms with E-state index in [1.54, 1.807) is 12.5 Å². The number of rotatable bonds is 2. The maximum atomic E-state index is 4.03. The lowest BCUT2D eigenvalue weighted by atomic mass is 10.6. The van der Waals surface area contributed by atoms with Crippen LogP contribution in [-0.2, 0) is 0 Å². The van der Waals surface area contributed by atoms with Gasteiger partial charge in [0.15, 0.2) is 11.6 Å². The fraction of sp³-hybridized carbons (Fsp3) is 0.333. The minimum atomic E-state index is 0.769. The van der Waals surface area contributed by atoms with Gasteiger partial charge in [-0.15, -0.1) is 0 Å². The molecule has 0 amide bonds. The van der Waals surface area contributed by atoms with E-state index in [1.807, 2.05) is 14.0 Å². The Balaban J connectivity index is 2.90. The zero-order chi connectivity index (χ0) is 7.40. The van der Waals surface area contributed by atoms with Crippen molar-refractivity contribution >= 4 is 17.9 Å². The summed E-state index contributed by atoms with van der Waals surface area (Å²) in [6, 6.07) is 0. The third-order valence-corrected chi connectivity index (χ3v) is 1.11. The van der Waals surface area contributed by atoms with Crippen LogP contribution < -0.4 is 5.32 Å². The van der Waals surface area contributed by atoms with Crippen LogP contribution in [-0.4, -0.2) is 23.2 Å². The molecule has 1 heterocycles. The van der Waals surface area contributed by atoms with Crippen LogP contribution in [0.5, 0.6) is 0 Å². The number of anilines is 1. The molecule has 4 heteroatoms. The van der Waals surface area contributed by atoms with E-state index in [1.165, 1.54) is 0 Å². The van der Waals surface area contributed by atoms with Gasteiger partial charge in [0.05, 0.1) is 6.33 Å². The Hall–Kier alpha value is -1.32. The first-order valence-electron chi connectivity index (χ1n) is 3.08. The van der Waals surface area contributed by atoms with Crippen molar-refractivity contribution < 1.29 is 0 Å². The van der Waals surface area contributed by atoms with Crippen molar-refractivity contribution in [2.75, 3.05) is 12.4 Å². The quantitative estimate of drug-likeness (QED) is 0.603. The first kappa shape index (κ1) is 6.80. The highest BCUT2D eigenvalue weighted by Crippen LogP contribution is 2.16. The summed E-state index contributed by atoms with van der Waals surface area (Å²) in [5, 5.41) is 2.90. The number of hydrogen-bond donors (Lipinski definition) is 2. The maximum absolute atomic E-state index is 4.03. The zero-order valence-corrected chi connectivity index (χ0v) is 6.05. The number of H-pyrrole nitrogens is 1. The minimum absolute atomic E-state index is 0.769. The van der Waals surface area contributed by atoms with Crippen LogP contribution in [0.4, 0.5) is 11.6 Å². The Morgan fingerprint density at radius 3 is 3.20 bits per heavy atom. The monoisotopic (exact) mass is 138 g/mol. The first-order valence-corrected chi connectivity index (χ1v) is 3.08. The maximum Gasteiger partial charge on any atom is 0.173 e. The van der Waals surface area contributed by atoms with Gasteiger partial charge in [0, 0.05) is 13.3 Å². The molecule has 0 aliphatic heterocycles. The highest BCUT2D eigenvalue weighted by atomic mass is 15.1. The van der Waals surface area contributed by atoms with E-state index in [4.69, 9.17) is 0 Å². The van der Waals surface area contributed by atoms with E-state index in [0.29, 0.717) is 0 Å². The molecule has 0 aliphatic rings. The molecule has 0 saturated carbocycles. The normalized spacial score (nSPS) is 10.6. The summed E-state index contributed by atoms with van der Waals surface area (Å²) in [6.45, 7) is 1.86. The molecular formula is C6H10N4.